The minimum atomic E-state index is -3.68. The van der Waals surface area contributed by atoms with E-state index in [1.807, 2.05) is 19.9 Å². The third-order valence-electron chi connectivity index (χ3n) is 4.56. The molecule has 2 aromatic carbocycles. The molecule has 0 aliphatic carbocycles. The van der Waals surface area contributed by atoms with Crippen LogP contribution in [-0.2, 0) is 14.8 Å². The van der Waals surface area contributed by atoms with Gasteiger partial charge in [-0.15, -0.1) is 0 Å². The molecule has 1 amide bonds. The Morgan fingerprint density at radius 1 is 1.14 bits per heavy atom. The van der Waals surface area contributed by atoms with Gasteiger partial charge in [0.2, 0.25) is 15.9 Å². The molecule has 29 heavy (non-hydrogen) atoms. The quantitative estimate of drug-likeness (QED) is 0.630. The highest BCUT2D eigenvalue weighted by Crippen LogP contribution is 2.25. The molecule has 0 radical (unpaired) electrons. The average molecular weight is 423 g/mol. The highest BCUT2D eigenvalue weighted by Gasteiger charge is 2.31. The summed E-state index contributed by atoms with van der Waals surface area (Å²) in [5.41, 5.74) is 2.44. The number of hydrogen-bond acceptors (Lipinski definition) is 4. The van der Waals surface area contributed by atoms with Crippen LogP contribution in [0.25, 0.3) is 0 Å². The number of nitrogens with zero attached hydrogens (tertiary/aromatic N) is 1. The van der Waals surface area contributed by atoms with Gasteiger partial charge < -0.3 is 10.1 Å². The van der Waals surface area contributed by atoms with Gasteiger partial charge in [-0.2, -0.15) is 0 Å². The van der Waals surface area contributed by atoms with Gasteiger partial charge in [-0.1, -0.05) is 13.0 Å². The maximum absolute atomic E-state index is 12.9. The molecule has 0 bridgehead atoms. The second kappa shape index (κ2) is 9.73. The lowest BCUT2D eigenvalue weighted by Gasteiger charge is -2.30. The molecule has 0 heterocycles. The van der Waals surface area contributed by atoms with E-state index in [4.69, 9.17) is 4.74 Å². The molecule has 1 N–H and O–H groups in total. The van der Waals surface area contributed by atoms with Gasteiger partial charge in [0.05, 0.1) is 18.5 Å². The minimum absolute atomic E-state index is 0.177. The smallest absolute Gasteiger partial charge is 0.244 e. The van der Waals surface area contributed by atoms with Crippen LogP contribution in [0.3, 0.4) is 0 Å². The van der Waals surface area contributed by atoms with Gasteiger partial charge in [-0.05, 0) is 67.8 Å². The Kier molecular flexibility index (Phi) is 7.61. The summed E-state index contributed by atoms with van der Waals surface area (Å²) in [6.45, 7) is 5.97. The number of aryl methyl sites for hydroxylation is 2. The molecule has 0 aliphatic heterocycles. The summed E-state index contributed by atoms with van der Waals surface area (Å²) in [5, 5.41) is 2.72. The molecule has 0 saturated carbocycles. The lowest BCUT2D eigenvalue weighted by Crippen LogP contribution is -2.50. The summed E-state index contributed by atoms with van der Waals surface area (Å²) in [6, 6.07) is 10.0. The number of carbonyl (C=O) groups excluding carboxylic acids is 1. The molecule has 2 rings (SSSR count). The zero-order chi connectivity index (χ0) is 21.6. The van der Waals surface area contributed by atoms with E-state index in [1.54, 1.807) is 19.1 Å². The van der Waals surface area contributed by atoms with E-state index in [9.17, 15) is 17.6 Å². The van der Waals surface area contributed by atoms with E-state index in [1.165, 1.54) is 24.3 Å². The molecule has 0 saturated heterocycles. The highest BCUT2D eigenvalue weighted by atomic mass is 32.2. The van der Waals surface area contributed by atoms with Gasteiger partial charge in [0.15, 0.2) is 0 Å². The molecule has 0 aromatic heterocycles. The van der Waals surface area contributed by atoms with Crippen LogP contribution in [0.4, 0.5) is 10.1 Å². The monoisotopic (exact) mass is 422 g/mol. The molecule has 0 fully saturated rings. The predicted octanol–water partition coefficient (Wildman–Crippen LogP) is 3.18. The topological polar surface area (TPSA) is 75.7 Å². The number of hydrogen-bond donors (Lipinski definition) is 1. The summed E-state index contributed by atoms with van der Waals surface area (Å²) in [4.78, 5) is 12.7. The lowest BCUT2D eigenvalue weighted by molar-refractivity contribution is -0.122. The van der Waals surface area contributed by atoms with Crippen LogP contribution >= 0.6 is 0 Å². The standard InChI is InChI=1S/C21H27FN2O4S/c1-5-20(21(25)23-12-13-28-19-10-7-17(22)8-11-19)24(29(4,26)27)18-9-6-15(2)16(3)14-18/h6-11,14,20H,5,12-13H2,1-4H3,(H,23,25)/t20-/m0/s1. The van der Waals surface area contributed by atoms with Crippen LogP contribution in [0.15, 0.2) is 42.5 Å². The number of sulfonamides is 1. The molecule has 1 atom stereocenters. The largest absolute Gasteiger partial charge is 0.492 e. The molecule has 0 spiro atoms. The van der Waals surface area contributed by atoms with Crippen molar-refractivity contribution in [2.45, 2.75) is 33.2 Å². The Morgan fingerprint density at radius 3 is 2.34 bits per heavy atom. The summed E-state index contributed by atoms with van der Waals surface area (Å²) in [5.74, 6) is -0.275. The van der Waals surface area contributed by atoms with E-state index < -0.39 is 22.0 Å². The Hall–Kier alpha value is -2.61. The van der Waals surface area contributed by atoms with E-state index in [0.717, 1.165) is 21.7 Å². The first-order valence-corrected chi connectivity index (χ1v) is 11.2. The van der Waals surface area contributed by atoms with Crippen molar-refractivity contribution >= 4 is 21.6 Å². The maximum Gasteiger partial charge on any atom is 0.244 e. The first-order chi connectivity index (χ1) is 13.6. The summed E-state index contributed by atoms with van der Waals surface area (Å²) < 4.78 is 44.4. The Morgan fingerprint density at radius 2 is 1.79 bits per heavy atom. The van der Waals surface area contributed by atoms with Gasteiger partial charge in [0.1, 0.15) is 24.2 Å². The number of rotatable bonds is 9. The van der Waals surface area contributed by atoms with Crippen LogP contribution in [0.1, 0.15) is 24.5 Å². The Labute approximate surface area is 171 Å². The summed E-state index contributed by atoms with van der Waals surface area (Å²) in [6.07, 6.45) is 1.40. The Balaban J connectivity index is 2.07. The average Bonchev–Trinajstić information content (AvgIpc) is 2.66. The molecular weight excluding hydrogens is 395 g/mol. The predicted molar refractivity (Wildman–Crippen MR) is 112 cm³/mol. The zero-order valence-electron chi connectivity index (χ0n) is 17.1. The van der Waals surface area contributed by atoms with Crippen molar-refractivity contribution in [3.8, 4) is 5.75 Å². The summed E-state index contributed by atoms with van der Waals surface area (Å²) in [7, 11) is -3.68. The van der Waals surface area contributed by atoms with Crippen molar-refractivity contribution in [3.63, 3.8) is 0 Å². The van der Waals surface area contributed by atoms with Crippen molar-refractivity contribution in [2.75, 3.05) is 23.7 Å². The van der Waals surface area contributed by atoms with E-state index in [-0.39, 0.29) is 19.0 Å². The van der Waals surface area contributed by atoms with Gasteiger partial charge >= 0.3 is 0 Å². The van der Waals surface area contributed by atoms with Crippen molar-refractivity contribution in [3.05, 3.63) is 59.4 Å². The molecule has 2 aromatic rings. The van der Waals surface area contributed by atoms with Gasteiger partial charge in [-0.3, -0.25) is 9.10 Å². The minimum Gasteiger partial charge on any atom is -0.492 e. The fourth-order valence-electron chi connectivity index (χ4n) is 2.91. The maximum atomic E-state index is 12.9. The molecule has 158 valence electrons. The number of benzene rings is 2. The van der Waals surface area contributed by atoms with Crippen molar-refractivity contribution in [1.82, 2.24) is 5.32 Å². The lowest BCUT2D eigenvalue weighted by atomic mass is 10.1. The van der Waals surface area contributed by atoms with Crippen molar-refractivity contribution in [2.24, 2.45) is 0 Å². The van der Waals surface area contributed by atoms with Crippen LogP contribution in [0.2, 0.25) is 0 Å². The second-order valence-corrected chi connectivity index (χ2v) is 8.70. The number of carbonyl (C=O) groups is 1. The molecule has 0 unspecified atom stereocenters. The molecular formula is C21H27FN2O4S. The fraction of sp³-hybridized carbons (Fsp3) is 0.381. The summed E-state index contributed by atoms with van der Waals surface area (Å²) >= 11 is 0. The van der Waals surface area contributed by atoms with Gasteiger partial charge in [-0.25, -0.2) is 12.8 Å². The zero-order valence-corrected chi connectivity index (χ0v) is 17.9. The highest BCUT2D eigenvalue weighted by molar-refractivity contribution is 7.92. The first-order valence-electron chi connectivity index (χ1n) is 9.36. The Bertz CT molecular complexity index is 946. The van der Waals surface area contributed by atoms with E-state index in [0.29, 0.717) is 17.9 Å². The number of nitrogens with one attached hydrogen (secondary N) is 1. The number of amides is 1. The SMILES string of the molecule is CC[C@@H](C(=O)NCCOc1ccc(F)cc1)N(c1ccc(C)c(C)c1)S(C)(=O)=O. The van der Waals surface area contributed by atoms with Crippen molar-refractivity contribution < 1.29 is 22.3 Å². The van der Waals surface area contributed by atoms with Gasteiger partial charge in [0.25, 0.3) is 0 Å². The van der Waals surface area contributed by atoms with E-state index >= 15 is 0 Å². The van der Waals surface area contributed by atoms with Crippen LogP contribution < -0.4 is 14.4 Å². The number of ether oxygens (including phenoxy) is 1. The third-order valence-corrected chi connectivity index (χ3v) is 5.74. The fourth-order valence-corrected chi connectivity index (χ4v) is 4.12. The number of anilines is 1. The third kappa shape index (κ3) is 6.19. The van der Waals surface area contributed by atoms with E-state index in [2.05, 4.69) is 5.32 Å². The normalized spacial score (nSPS) is 12.3. The van der Waals surface area contributed by atoms with Crippen LogP contribution in [-0.4, -0.2) is 39.8 Å². The van der Waals surface area contributed by atoms with Crippen LogP contribution in [0.5, 0.6) is 5.75 Å². The number of halogens is 1. The van der Waals surface area contributed by atoms with Crippen molar-refractivity contribution in [1.29, 1.82) is 0 Å². The molecule has 6 nitrogen and oxygen atoms in total. The first kappa shape index (κ1) is 22.7. The molecule has 0 aliphatic rings. The molecule has 8 heteroatoms. The van der Waals surface area contributed by atoms with Gasteiger partial charge in [0, 0.05) is 0 Å². The van der Waals surface area contributed by atoms with Crippen LogP contribution in [0, 0.1) is 19.7 Å². The second-order valence-electron chi connectivity index (χ2n) is 6.84.